The predicted molar refractivity (Wildman–Crippen MR) is 264 cm³/mol. The molecule has 4 nitrogen and oxygen atoms in total. The number of hydrogen-bond donors (Lipinski definition) is 0. The first-order valence-corrected chi connectivity index (χ1v) is 27.9. The molecule has 0 aromatic carbocycles. The topological polar surface area (TPSA) is 52.6 Å². The molecule has 0 aromatic heterocycles. The van der Waals surface area contributed by atoms with Gasteiger partial charge in [-0.3, -0.25) is 4.79 Å². The number of ether oxygens (including phenoxy) is 2. The SMILES string of the molecule is CCCCCCCCCCCCCCCCCC(=O)OC(CCCCCCCC)(CCCCCCCCCCCCCCCC)C(=O)OCCCCCCCCCCCC. The Labute approximate surface area is 377 Å². The van der Waals surface area contributed by atoms with Gasteiger partial charge in [0.25, 0.3) is 0 Å². The van der Waals surface area contributed by atoms with Gasteiger partial charge in [0.15, 0.2) is 0 Å². The summed E-state index contributed by atoms with van der Waals surface area (Å²) in [5.41, 5.74) is -1.12. The average molecular weight is 847 g/mol. The molecule has 0 aromatic rings. The number of carbonyl (C=O) groups is 2. The second-order valence-electron chi connectivity index (χ2n) is 19.3. The molecule has 1 unspecified atom stereocenters. The zero-order chi connectivity index (χ0) is 43.7. The van der Waals surface area contributed by atoms with E-state index < -0.39 is 5.60 Å². The minimum atomic E-state index is -1.12. The molecule has 0 aliphatic carbocycles. The van der Waals surface area contributed by atoms with E-state index in [2.05, 4.69) is 27.7 Å². The Balaban J connectivity index is 4.98. The van der Waals surface area contributed by atoms with Crippen LogP contribution in [0.1, 0.15) is 336 Å². The average Bonchev–Trinajstić information content (AvgIpc) is 3.25. The Bertz CT molecular complexity index is 856. The Morgan fingerprint density at radius 3 is 0.817 bits per heavy atom. The summed E-state index contributed by atoms with van der Waals surface area (Å²) in [5.74, 6) is -0.441. The second-order valence-corrected chi connectivity index (χ2v) is 19.3. The van der Waals surface area contributed by atoms with Crippen LogP contribution in [0, 0.1) is 0 Å². The minimum absolute atomic E-state index is 0.183. The van der Waals surface area contributed by atoms with Crippen LogP contribution in [0.3, 0.4) is 0 Å². The lowest BCUT2D eigenvalue weighted by Crippen LogP contribution is -2.45. The highest BCUT2D eigenvalue weighted by molar-refractivity contribution is 5.83. The second kappa shape index (κ2) is 49.0. The molecule has 4 heteroatoms. The number of esters is 2. The molecule has 0 heterocycles. The van der Waals surface area contributed by atoms with E-state index in [9.17, 15) is 9.59 Å². The third-order valence-corrected chi connectivity index (χ3v) is 13.3. The molecular formula is C56H110O4. The molecule has 1 atom stereocenters. The van der Waals surface area contributed by atoms with Crippen molar-refractivity contribution in [3.05, 3.63) is 0 Å². The van der Waals surface area contributed by atoms with Crippen LogP contribution < -0.4 is 0 Å². The van der Waals surface area contributed by atoms with Gasteiger partial charge in [-0.1, -0.05) is 291 Å². The van der Waals surface area contributed by atoms with Crippen LogP contribution in [0.25, 0.3) is 0 Å². The zero-order valence-corrected chi connectivity index (χ0v) is 41.8. The Hall–Kier alpha value is -1.06. The number of hydrogen-bond acceptors (Lipinski definition) is 4. The van der Waals surface area contributed by atoms with Gasteiger partial charge in [0.05, 0.1) is 6.61 Å². The lowest BCUT2D eigenvalue weighted by atomic mass is 9.89. The van der Waals surface area contributed by atoms with Gasteiger partial charge in [-0.05, 0) is 38.5 Å². The first-order chi connectivity index (χ1) is 29.6. The maximum absolute atomic E-state index is 14.1. The highest BCUT2D eigenvalue weighted by Crippen LogP contribution is 2.31. The van der Waals surface area contributed by atoms with E-state index in [4.69, 9.17) is 9.47 Å². The van der Waals surface area contributed by atoms with Crippen molar-refractivity contribution < 1.29 is 19.1 Å². The van der Waals surface area contributed by atoms with E-state index in [0.717, 1.165) is 51.4 Å². The fourth-order valence-electron chi connectivity index (χ4n) is 9.06. The number of rotatable bonds is 51. The van der Waals surface area contributed by atoms with Gasteiger partial charge in [-0.2, -0.15) is 0 Å². The Morgan fingerprint density at radius 2 is 0.533 bits per heavy atom. The van der Waals surface area contributed by atoms with Crippen LogP contribution in [0.5, 0.6) is 0 Å². The first-order valence-electron chi connectivity index (χ1n) is 27.9. The van der Waals surface area contributed by atoms with Crippen LogP contribution in [-0.2, 0) is 19.1 Å². The molecule has 0 fully saturated rings. The van der Waals surface area contributed by atoms with Crippen LogP contribution in [0.15, 0.2) is 0 Å². The standard InChI is InChI=1S/C56H110O4/c1-5-9-13-17-21-24-27-29-31-32-34-36-39-42-46-50-54(57)60-56(51-47-43-20-16-12-8-4,55(58)59-53-49-45-41-38-26-23-19-15-11-7-3)52-48-44-40-37-35-33-30-28-25-22-18-14-10-6-2/h5-53H2,1-4H3. The van der Waals surface area contributed by atoms with Crippen LogP contribution in [0.4, 0.5) is 0 Å². The summed E-state index contributed by atoms with van der Waals surface area (Å²) >= 11 is 0. The summed E-state index contributed by atoms with van der Waals surface area (Å²) in [6, 6.07) is 0. The van der Waals surface area contributed by atoms with Crippen molar-refractivity contribution >= 4 is 11.9 Å². The van der Waals surface area contributed by atoms with E-state index in [1.54, 1.807) is 0 Å². The van der Waals surface area contributed by atoms with Gasteiger partial charge in [0.1, 0.15) is 0 Å². The molecule has 0 saturated carbocycles. The van der Waals surface area contributed by atoms with Gasteiger partial charge in [-0.25, -0.2) is 4.79 Å². The maximum atomic E-state index is 14.1. The van der Waals surface area contributed by atoms with Crippen molar-refractivity contribution in [3.8, 4) is 0 Å². The number of carbonyl (C=O) groups excluding carboxylic acids is 2. The fraction of sp³-hybridized carbons (Fsp3) is 0.964. The van der Waals surface area contributed by atoms with Crippen LogP contribution >= 0.6 is 0 Å². The molecule has 0 bridgehead atoms. The maximum Gasteiger partial charge on any atom is 0.350 e. The van der Waals surface area contributed by atoms with E-state index >= 15 is 0 Å². The van der Waals surface area contributed by atoms with Crippen molar-refractivity contribution in [2.24, 2.45) is 0 Å². The monoisotopic (exact) mass is 847 g/mol. The quantitative estimate of drug-likeness (QED) is 0.0452. The highest BCUT2D eigenvalue weighted by Gasteiger charge is 2.43. The normalized spacial score (nSPS) is 12.5. The van der Waals surface area contributed by atoms with Crippen LogP contribution in [-0.4, -0.2) is 24.1 Å². The lowest BCUT2D eigenvalue weighted by molar-refractivity contribution is -0.185. The van der Waals surface area contributed by atoms with Crippen molar-refractivity contribution in [1.29, 1.82) is 0 Å². The number of unbranched alkanes of at least 4 members (excludes halogenated alkanes) is 41. The smallest absolute Gasteiger partial charge is 0.350 e. The van der Waals surface area contributed by atoms with Crippen LogP contribution in [0.2, 0.25) is 0 Å². The molecule has 0 amide bonds. The largest absolute Gasteiger partial charge is 0.463 e. The highest BCUT2D eigenvalue weighted by atomic mass is 16.6. The summed E-state index contributed by atoms with van der Waals surface area (Å²) in [6.45, 7) is 9.56. The molecular weight excluding hydrogens is 737 g/mol. The molecule has 0 saturated heterocycles. The van der Waals surface area contributed by atoms with Crippen molar-refractivity contribution in [1.82, 2.24) is 0 Å². The zero-order valence-electron chi connectivity index (χ0n) is 41.8. The third kappa shape index (κ3) is 41.0. The van der Waals surface area contributed by atoms with Gasteiger partial charge in [0.2, 0.25) is 5.60 Å². The molecule has 358 valence electrons. The molecule has 60 heavy (non-hydrogen) atoms. The summed E-state index contributed by atoms with van der Waals surface area (Å²) in [4.78, 5) is 27.7. The molecule has 0 aliphatic rings. The third-order valence-electron chi connectivity index (χ3n) is 13.3. The summed E-state index contributed by atoms with van der Waals surface area (Å²) < 4.78 is 12.5. The van der Waals surface area contributed by atoms with Crippen molar-refractivity contribution in [3.63, 3.8) is 0 Å². The Morgan fingerprint density at radius 1 is 0.300 bits per heavy atom. The van der Waals surface area contributed by atoms with Gasteiger partial charge in [-0.15, -0.1) is 0 Å². The molecule has 0 rings (SSSR count). The van der Waals surface area contributed by atoms with Gasteiger partial charge < -0.3 is 9.47 Å². The van der Waals surface area contributed by atoms with E-state index in [1.165, 1.54) is 238 Å². The van der Waals surface area contributed by atoms with Gasteiger partial charge in [0, 0.05) is 6.42 Å². The van der Waals surface area contributed by atoms with E-state index in [0.29, 0.717) is 25.9 Å². The summed E-state index contributed by atoms with van der Waals surface area (Å²) in [6.07, 6.45) is 59.0. The Kier molecular flexibility index (Phi) is 48.1. The molecule has 0 N–H and O–H groups in total. The van der Waals surface area contributed by atoms with Crippen molar-refractivity contribution in [2.45, 2.75) is 341 Å². The van der Waals surface area contributed by atoms with Gasteiger partial charge >= 0.3 is 11.9 Å². The molecule has 0 radical (unpaired) electrons. The fourth-order valence-corrected chi connectivity index (χ4v) is 9.06. The first kappa shape index (κ1) is 58.9. The summed E-state index contributed by atoms with van der Waals surface area (Å²) in [7, 11) is 0. The van der Waals surface area contributed by atoms with Crippen molar-refractivity contribution in [2.75, 3.05) is 6.61 Å². The summed E-state index contributed by atoms with van der Waals surface area (Å²) in [5, 5.41) is 0. The minimum Gasteiger partial charge on any atom is -0.463 e. The molecule has 0 spiro atoms. The molecule has 0 aliphatic heterocycles. The van der Waals surface area contributed by atoms with E-state index in [1.807, 2.05) is 0 Å². The van der Waals surface area contributed by atoms with E-state index in [-0.39, 0.29) is 11.9 Å². The lowest BCUT2D eigenvalue weighted by Gasteiger charge is -2.32. The predicted octanol–water partition coefficient (Wildman–Crippen LogP) is 19.6.